The Morgan fingerprint density at radius 2 is 2.24 bits per heavy atom. The summed E-state index contributed by atoms with van der Waals surface area (Å²) in [7, 11) is 0. The summed E-state index contributed by atoms with van der Waals surface area (Å²) < 4.78 is 5.09. The van der Waals surface area contributed by atoms with Gasteiger partial charge in [0, 0.05) is 4.91 Å². The first kappa shape index (κ1) is 12.6. The fourth-order valence-corrected chi connectivity index (χ4v) is 3.56. The molecule has 0 radical (unpaired) electrons. The van der Waals surface area contributed by atoms with Crippen LogP contribution < -0.4 is 0 Å². The Bertz CT molecular complexity index is 431. The predicted octanol–water partition coefficient (Wildman–Crippen LogP) is 3.99. The molecule has 0 saturated carbocycles. The molecule has 4 heteroatoms. The minimum atomic E-state index is -0.209. The average molecular weight is 266 g/mol. The lowest BCUT2D eigenvalue weighted by molar-refractivity contribution is -0.137. The minimum Gasteiger partial charge on any atom is -0.462 e. The van der Waals surface area contributed by atoms with Crippen molar-refractivity contribution < 1.29 is 9.53 Å². The molecule has 17 heavy (non-hydrogen) atoms. The van der Waals surface area contributed by atoms with Crippen molar-refractivity contribution in [1.29, 1.82) is 0 Å². The molecule has 1 heterocycles. The largest absolute Gasteiger partial charge is 0.462 e. The number of carbonyl (C=O) groups excluding carboxylic acids is 1. The molecule has 0 amide bonds. The van der Waals surface area contributed by atoms with Crippen LogP contribution in [0.3, 0.4) is 0 Å². The Morgan fingerprint density at radius 1 is 1.41 bits per heavy atom. The van der Waals surface area contributed by atoms with Crippen LogP contribution >= 0.6 is 23.5 Å². The third-order valence-corrected chi connectivity index (χ3v) is 4.55. The molecular formula is C13H14O2S2. The summed E-state index contributed by atoms with van der Waals surface area (Å²) in [6.07, 6.45) is 8.32. The average Bonchev–Trinajstić information content (AvgIpc) is 2.40. The number of allylic oxidation sites excluding steroid dienone is 4. The lowest BCUT2D eigenvalue weighted by Gasteiger charge is -2.17. The summed E-state index contributed by atoms with van der Waals surface area (Å²) in [5.41, 5.74) is 1.23. The van der Waals surface area contributed by atoms with E-state index in [2.05, 4.69) is 18.2 Å². The molecule has 0 aromatic rings. The summed E-state index contributed by atoms with van der Waals surface area (Å²) in [6.45, 7) is 2.25. The van der Waals surface area contributed by atoms with Gasteiger partial charge in [0.15, 0.2) is 0 Å². The summed E-state index contributed by atoms with van der Waals surface area (Å²) in [4.78, 5) is 13.6. The molecule has 0 spiro atoms. The number of thioether (sulfide) groups is 2. The van der Waals surface area contributed by atoms with Crippen LogP contribution in [0.4, 0.5) is 0 Å². The molecule has 0 bridgehead atoms. The normalized spacial score (nSPS) is 19.2. The molecule has 0 aromatic carbocycles. The minimum absolute atomic E-state index is 0.209. The zero-order chi connectivity index (χ0) is 12.1. The van der Waals surface area contributed by atoms with Gasteiger partial charge < -0.3 is 4.74 Å². The molecule has 0 saturated heterocycles. The summed E-state index contributed by atoms with van der Waals surface area (Å²) in [5.74, 6) is -0.209. The molecule has 2 rings (SSSR count). The third-order valence-electron chi connectivity index (χ3n) is 2.40. The Morgan fingerprint density at radius 3 is 2.94 bits per heavy atom. The van der Waals surface area contributed by atoms with E-state index in [4.69, 9.17) is 4.74 Å². The van der Waals surface area contributed by atoms with Crippen molar-refractivity contribution in [2.75, 3.05) is 6.61 Å². The first-order chi connectivity index (χ1) is 8.33. The summed E-state index contributed by atoms with van der Waals surface area (Å²) >= 11 is 3.06. The van der Waals surface area contributed by atoms with Crippen LogP contribution in [0.15, 0.2) is 44.4 Å². The fraction of sp³-hybridized carbons (Fsp3) is 0.308. The molecule has 1 aliphatic heterocycles. The van der Waals surface area contributed by atoms with Gasteiger partial charge in [-0.2, -0.15) is 0 Å². The molecule has 0 aromatic heterocycles. The fourth-order valence-electron chi connectivity index (χ4n) is 1.65. The van der Waals surface area contributed by atoms with Crippen molar-refractivity contribution >= 4 is 29.5 Å². The molecule has 2 aliphatic rings. The van der Waals surface area contributed by atoms with Gasteiger partial charge in [-0.05, 0) is 36.2 Å². The quantitative estimate of drug-likeness (QED) is 0.722. The van der Waals surface area contributed by atoms with E-state index in [9.17, 15) is 4.79 Å². The van der Waals surface area contributed by atoms with E-state index >= 15 is 0 Å². The van der Waals surface area contributed by atoms with Gasteiger partial charge in [-0.15, -0.1) is 0 Å². The maximum atomic E-state index is 11.9. The third kappa shape index (κ3) is 3.07. The highest BCUT2D eigenvalue weighted by molar-refractivity contribution is 8.13. The highest BCUT2D eigenvalue weighted by Crippen LogP contribution is 2.41. The number of carbonyl (C=O) groups is 1. The second-order valence-corrected chi connectivity index (χ2v) is 5.38. The van der Waals surface area contributed by atoms with Crippen LogP contribution in [0.2, 0.25) is 0 Å². The zero-order valence-electron chi connectivity index (χ0n) is 9.64. The van der Waals surface area contributed by atoms with Crippen LogP contribution in [0.5, 0.6) is 0 Å². The number of esters is 1. The van der Waals surface area contributed by atoms with Gasteiger partial charge in [-0.25, -0.2) is 4.79 Å². The number of hydrogen-bond acceptors (Lipinski definition) is 4. The van der Waals surface area contributed by atoms with Crippen molar-refractivity contribution in [2.45, 2.75) is 19.8 Å². The van der Waals surface area contributed by atoms with E-state index in [-0.39, 0.29) is 5.97 Å². The Kier molecular flexibility index (Phi) is 4.57. The SMILES string of the molecule is CCOC(=O)C1=C(C2=CC=CCC2)SC=CS1. The second-order valence-electron chi connectivity index (χ2n) is 3.55. The van der Waals surface area contributed by atoms with Gasteiger partial charge >= 0.3 is 5.97 Å². The van der Waals surface area contributed by atoms with Crippen molar-refractivity contribution in [2.24, 2.45) is 0 Å². The summed E-state index contributed by atoms with van der Waals surface area (Å²) in [6, 6.07) is 0. The lowest BCUT2D eigenvalue weighted by atomic mass is 10.0. The van der Waals surface area contributed by atoms with Gasteiger partial charge in [0.25, 0.3) is 0 Å². The maximum absolute atomic E-state index is 11.9. The van der Waals surface area contributed by atoms with Crippen molar-refractivity contribution in [3.05, 3.63) is 44.4 Å². The monoisotopic (exact) mass is 266 g/mol. The highest BCUT2D eigenvalue weighted by atomic mass is 32.2. The molecule has 0 atom stereocenters. The predicted molar refractivity (Wildman–Crippen MR) is 74.4 cm³/mol. The second kappa shape index (κ2) is 6.17. The van der Waals surface area contributed by atoms with Gasteiger partial charge in [0.2, 0.25) is 0 Å². The zero-order valence-corrected chi connectivity index (χ0v) is 11.3. The molecular weight excluding hydrogens is 252 g/mol. The molecule has 90 valence electrons. The standard InChI is InChI=1S/C13H14O2S2/c1-2-15-13(14)12-11(16-8-9-17-12)10-6-4-3-5-7-10/h3-4,6,8-9H,2,5,7H2,1H3. The van der Waals surface area contributed by atoms with Crippen LogP contribution in [0, 0.1) is 0 Å². The number of ether oxygens (including phenoxy) is 1. The number of hydrogen-bond donors (Lipinski definition) is 0. The topological polar surface area (TPSA) is 26.3 Å². The number of rotatable bonds is 3. The van der Waals surface area contributed by atoms with E-state index in [1.165, 1.54) is 17.3 Å². The first-order valence-electron chi connectivity index (χ1n) is 5.58. The van der Waals surface area contributed by atoms with Crippen LogP contribution in [-0.2, 0) is 9.53 Å². The maximum Gasteiger partial charge on any atom is 0.346 e. The molecule has 0 N–H and O–H groups in total. The van der Waals surface area contributed by atoms with E-state index in [0.717, 1.165) is 22.7 Å². The van der Waals surface area contributed by atoms with Crippen LogP contribution in [-0.4, -0.2) is 12.6 Å². The Labute approximate surface area is 110 Å². The molecule has 2 nitrogen and oxygen atoms in total. The highest BCUT2D eigenvalue weighted by Gasteiger charge is 2.21. The van der Waals surface area contributed by atoms with E-state index in [0.29, 0.717) is 6.61 Å². The Hall–Kier alpha value is -0.870. The smallest absolute Gasteiger partial charge is 0.346 e. The van der Waals surface area contributed by atoms with Crippen molar-refractivity contribution in [1.82, 2.24) is 0 Å². The van der Waals surface area contributed by atoms with Crippen LogP contribution in [0.1, 0.15) is 19.8 Å². The summed E-state index contributed by atoms with van der Waals surface area (Å²) in [5, 5.41) is 3.95. The van der Waals surface area contributed by atoms with Crippen molar-refractivity contribution in [3.8, 4) is 0 Å². The van der Waals surface area contributed by atoms with Crippen LogP contribution in [0.25, 0.3) is 0 Å². The molecule has 0 unspecified atom stereocenters. The van der Waals surface area contributed by atoms with E-state index in [1.807, 2.05) is 17.7 Å². The van der Waals surface area contributed by atoms with Crippen molar-refractivity contribution in [3.63, 3.8) is 0 Å². The van der Waals surface area contributed by atoms with Gasteiger partial charge in [0.05, 0.1) is 6.61 Å². The Balaban J connectivity index is 2.28. The van der Waals surface area contributed by atoms with Gasteiger partial charge in [-0.1, -0.05) is 41.8 Å². The molecule has 1 aliphatic carbocycles. The lowest BCUT2D eigenvalue weighted by Crippen LogP contribution is -2.09. The first-order valence-corrected chi connectivity index (χ1v) is 7.34. The van der Waals surface area contributed by atoms with E-state index in [1.54, 1.807) is 11.8 Å². The van der Waals surface area contributed by atoms with Gasteiger partial charge in [0.1, 0.15) is 4.91 Å². The van der Waals surface area contributed by atoms with E-state index < -0.39 is 0 Å². The molecule has 0 fully saturated rings. The van der Waals surface area contributed by atoms with Gasteiger partial charge in [-0.3, -0.25) is 0 Å².